The first-order valence-corrected chi connectivity index (χ1v) is 7.30. The van der Waals surface area contributed by atoms with E-state index >= 15 is 0 Å². The number of rotatable bonds is 3. The number of piperidine rings is 1. The van der Waals surface area contributed by atoms with E-state index in [1.165, 1.54) is 0 Å². The van der Waals surface area contributed by atoms with Gasteiger partial charge in [0.2, 0.25) is 5.91 Å². The van der Waals surface area contributed by atoms with Crippen molar-refractivity contribution in [2.24, 2.45) is 0 Å². The van der Waals surface area contributed by atoms with E-state index in [9.17, 15) is 9.59 Å². The second-order valence-corrected chi connectivity index (χ2v) is 5.71. The lowest BCUT2D eigenvalue weighted by Gasteiger charge is -2.32. The van der Waals surface area contributed by atoms with Crippen molar-refractivity contribution in [1.29, 1.82) is 0 Å². The molecule has 1 heterocycles. The highest BCUT2D eigenvalue weighted by atomic mass is 35.5. The lowest BCUT2D eigenvalue weighted by atomic mass is 10.0. The van der Waals surface area contributed by atoms with Crippen molar-refractivity contribution < 1.29 is 9.59 Å². The Balaban J connectivity index is 1.85. The van der Waals surface area contributed by atoms with E-state index in [4.69, 9.17) is 11.6 Å². The van der Waals surface area contributed by atoms with Crippen molar-refractivity contribution in [3.63, 3.8) is 0 Å². The van der Waals surface area contributed by atoms with Gasteiger partial charge in [0.25, 0.3) is 5.91 Å². The van der Waals surface area contributed by atoms with Gasteiger partial charge >= 0.3 is 0 Å². The molecule has 1 unspecified atom stereocenters. The molecular formula is C15H19ClN2O2. The summed E-state index contributed by atoms with van der Waals surface area (Å²) in [5.74, 6) is -0.0828. The molecule has 1 atom stereocenters. The van der Waals surface area contributed by atoms with Crippen molar-refractivity contribution in [1.82, 2.24) is 10.2 Å². The molecule has 2 rings (SSSR count). The van der Waals surface area contributed by atoms with Crippen LogP contribution in [0.5, 0.6) is 0 Å². The van der Waals surface area contributed by atoms with Gasteiger partial charge in [-0.05, 0) is 31.9 Å². The fourth-order valence-electron chi connectivity index (χ4n) is 2.31. The number of carbonyl (C=O) groups is 2. The molecule has 20 heavy (non-hydrogen) atoms. The molecule has 5 heteroatoms. The Hall–Kier alpha value is -1.55. The molecule has 1 aliphatic rings. The summed E-state index contributed by atoms with van der Waals surface area (Å²) in [6.07, 6.45) is 1.54. The topological polar surface area (TPSA) is 49.4 Å². The summed E-state index contributed by atoms with van der Waals surface area (Å²) < 4.78 is 0. The molecule has 1 aromatic carbocycles. The van der Waals surface area contributed by atoms with Gasteiger partial charge in [-0.1, -0.05) is 18.2 Å². The van der Waals surface area contributed by atoms with Gasteiger partial charge in [0, 0.05) is 24.7 Å². The Kier molecular flexibility index (Phi) is 5.01. The average Bonchev–Trinajstić information content (AvgIpc) is 2.48. The summed E-state index contributed by atoms with van der Waals surface area (Å²) in [5, 5.41) is 2.39. The van der Waals surface area contributed by atoms with Gasteiger partial charge in [0.15, 0.2) is 0 Å². The van der Waals surface area contributed by atoms with Crippen LogP contribution >= 0.6 is 11.6 Å². The van der Waals surface area contributed by atoms with E-state index < -0.39 is 5.38 Å². The monoisotopic (exact) mass is 294 g/mol. The smallest absolute Gasteiger partial charge is 0.253 e. The van der Waals surface area contributed by atoms with E-state index in [0.29, 0.717) is 18.7 Å². The van der Waals surface area contributed by atoms with Crippen LogP contribution in [0.25, 0.3) is 0 Å². The predicted octanol–water partition coefficient (Wildman–Crippen LogP) is 2.03. The molecule has 0 aromatic heterocycles. The highest BCUT2D eigenvalue weighted by Gasteiger charge is 2.25. The van der Waals surface area contributed by atoms with Crippen LogP contribution in [0.4, 0.5) is 0 Å². The predicted molar refractivity (Wildman–Crippen MR) is 78.8 cm³/mol. The number of hydrogen-bond acceptors (Lipinski definition) is 2. The number of likely N-dealkylation sites (tertiary alicyclic amines) is 1. The van der Waals surface area contributed by atoms with E-state index in [1.54, 1.807) is 6.92 Å². The standard InChI is InChI=1S/C15H19ClN2O2/c1-11(16)14(19)17-13-7-9-18(10-8-13)15(20)12-5-3-2-4-6-12/h2-6,11,13H,7-10H2,1H3,(H,17,19). The van der Waals surface area contributed by atoms with Gasteiger partial charge in [-0.25, -0.2) is 0 Å². The summed E-state index contributed by atoms with van der Waals surface area (Å²) in [7, 11) is 0. The van der Waals surface area contributed by atoms with Crippen molar-refractivity contribution in [3.05, 3.63) is 35.9 Å². The molecule has 0 bridgehead atoms. The molecule has 1 fully saturated rings. The number of nitrogens with zero attached hydrogens (tertiary/aromatic N) is 1. The normalized spacial score (nSPS) is 17.6. The van der Waals surface area contributed by atoms with Gasteiger partial charge in [-0.3, -0.25) is 9.59 Å². The zero-order valence-electron chi connectivity index (χ0n) is 11.5. The van der Waals surface area contributed by atoms with Crippen molar-refractivity contribution in [2.45, 2.75) is 31.2 Å². The van der Waals surface area contributed by atoms with Crippen molar-refractivity contribution >= 4 is 23.4 Å². The first-order valence-electron chi connectivity index (χ1n) is 6.86. The van der Waals surface area contributed by atoms with Crippen LogP contribution in [-0.2, 0) is 4.79 Å². The number of halogens is 1. The summed E-state index contributed by atoms with van der Waals surface area (Å²) in [5.41, 5.74) is 0.712. The molecule has 4 nitrogen and oxygen atoms in total. The molecule has 2 amide bonds. The maximum Gasteiger partial charge on any atom is 0.253 e. The third-order valence-electron chi connectivity index (χ3n) is 3.51. The van der Waals surface area contributed by atoms with Crippen molar-refractivity contribution in [2.75, 3.05) is 13.1 Å². The molecule has 1 aromatic rings. The minimum Gasteiger partial charge on any atom is -0.352 e. The molecule has 1 N–H and O–H groups in total. The van der Waals surface area contributed by atoms with Gasteiger partial charge in [0.05, 0.1) is 0 Å². The minimum atomic E-state index is -0.515. The second kappa shape index (κ2) is 6.75. The van der Waals surface area contributed by atoms with Crippen LogP contribution in [0, 0.1) is 0 Å². The fourth-order valence-corrected chi connectivity index (χ4v) is 2.37. The number of nitrogens with one attached hydrogen (secondary N) is 1. The van der Waals surface area contributed by atoms with Crippen LogP contribution < -0.4 is 5.32 Å². The van der Waals surface area contributed by atoms with Gasteiger partial charge in [-0.2, -0.15) is 0 Å². The minimum absolute atomic E-state index is 0.0566. The largest absolute Gasteiger partial charge is 0.352 e. The van der Waals surface area contributed by atoms with E-state index in [0.717, 1.165) is 12.8 Å². The first-order chi connectivity index (χ1) is 9.58. The van der Waals surface area contributed by atoms with Crippen LogP contribution in [0.15, 0.2) is 30.3 Å². The SMILES string of the molecule is CC(Cl)C(=O)NC1CCN(C(=O)c2ccccc2)CC1. The maximum atomic E-state index is 12.3. The molecule has 0 spiro atoms. The highest BCUT2D eigenvalue weighted by Crippen LogP contribution is 2.14. The first kappa shape index (κ1) is 14.9. The maximum absolute atomic E-state index is 12.3. The lowest BCUT2D eigenvalue weighted by Crippen LogP contribution is -2.47. The summed E-state index contributed by atoms with van der Waals surface area (Å²) in [6.45, 7) is 2.98. The Labute approximate surface area is 124 Å². The van der Waals surface area contributed by atoms with E-state index in [2.05, 4.69) is 5.32 Å². The lowest BCUT2D eigenvalue weighted by molar-refractivity contribution is -0.121. The fraction of sp³-hybridized carbons (Fsp3) is 0.467. The molecule has 108 valence electrons. The van der Waals surface area contributed by atoms with Crippen LogP contribution in [0.1, 0.15) is 30.1 Å². The second-order valence-electron chi connectivity index (χ2n) is 5.06. The number of alkyl halides is 1. The number of carbonyl (C=O) groups excluding carboxylic acids is 2. The van der Waals surface area contributed by atoms with Crippen molar-refractivity contribution in [3.8, 4) is 0 Å². The third kappa shape index (κ3) is 3.73. The van der Waals surface area contributed by atoms with Gasteiger partial charge < -0.3 is 10.2 Å². The van der Waals surface area contributed by atoms with Gasteiger partial charge in [-0.15, -0.1) is 11.6 Å². The molecule has 0 radical (unpaired) electrons. The zero-order chi connectivity index (χ0) is 14.5. The van der Waals surface area contributed by atoms with Crippen LogP contribution in [0.2, 0.25) is 0 Å². The number of hydrogen-bond donors (Lipinski definition) is 1. The van der Waals surface area contributed by atoms with Gasteiger partial charge in [0.1, 0.15) is 5.38 Å². The Morgan fingerprint density at radius 1 is 1.25 bits per heavy atom. The van der Waals surface area contributed by atoms with Crippen LogP contribution in [0.3, 0.4) is 0 Å². The molecule has 1 aliphatic heterocycles. The Bertz CT molecular complexity index is 468. The number of amides is 2. The average molecular weight is 295 g/mol. The molecule has 1 saturated heterocycles. The third-order valence-corrected chi connectivity index (χ3v) is 3.71. The molecular weight excluding hydrogens is 276 g/mol. The van der Waals surface area contributed by atoms with E-state index in [-0.39, 0.29) is 17.9 Å². The highest BCUT2D eigenvalue weighted by molar-refractivity contribution is 6.30. The number of benzene rings is 1. The quantitative estimate of drug-likeness (QED) is 0.867. The summed E-state index contributed by atoms with van der Waals surface area (Å²) in [6, 6.07) is 9.38. The van der Waals surface area contributed by atoms with E-state index in [1.807, 2.05) is 35.2 Å². The summed E-state index contributed by atoms with van der Waals surface area (Å²) in [4.78, 5) is 25.6. The molecule has 0 aliphatic carbocycles. The zero-order valence-corrected chi connectivity index (χ0v) is 12.3. The Morgan fingerprint density at radius 2 is 1.85 bits per heavy atom. The van der Waals surface area contributed by atoms with Crippen LogP contribution in [-0.4, -0.2) is 41.2 Å². The molecule has 0 saturated carbocycles. The summed E-state index contributed by atoms with van der Waals surface area (Å²) >= 11 is 5.73. The Morgan fingerprint density at radius 3 is 2.40 bits per heavy atom.